The topological polar surface area (TPSA) is 52.6 Å². The van der Waals surface area contributed by atoms with Gasteiger partial charge >= 0.3 is 5.97 Å². The molecule has 0 heterocycles. The van der Waals surface area contributed by atoms with Crippen LogP contribution in [0.3, 0.4) is 0 Å². The lowest BCUT2D eigenvalue weighted by Gasteiger charge is -2.10. The zero-order chi connectivity index (χ0) is 14.4. The van der Waals surface area contributed by atoms with Crippen molar-refractivity contribution in [3.05, 3.63) is 29.3 Å². The van der Waals surface area contributed by atoms with Crippen LogP contribution in [-0.4, -0.2) is 25.5 Å². The van der Waals surface area contributed by atoms with Crippen molar-refractivity contribution in [1.82, 2.24) is 0 Å². The minimum atomic E-state index is -0.963. The Morgan fingerprint density at radius 3 is 2.53 bits per heavy atom. The van der Waals surface area contributed by atoms with Gasteiger partial charge in [-0.25, -0.2) is 8.78 Å². The van der Waals surface area contributed by atoms with Crippen LogP contribution in [0, 0.1) is 11.6 Å². The molecule has 1 aromatic rings. The molecule has 104 valence electrons. The molecule has 6 heteroatoms. The number of esters is 1. The number of rotatable bonds is 6. The van der Waals surface area contributed by atoms with Crippen molar-refractivity contribution < 1.29 is 27.8 Å². The minimum Gasteiger partial charge on any atom is -0.493 e. The van der Waals surface area contributed by atoms with E-state index in [9.17, 15) is 18.4 Å². The fourth-order valence-corrected chi connectivity index (χ4v) is 1.51. The second kappa shape index (κ2) is 6.82. The van der Waals surface area contributed by atoms with Gasteiger partial charge in [0.2, 0.25) is 0 Å². The van der Waals surface area contributed by atoms with Crippen LogP contribution in [-0.2, 0) is 9.53 Å². The molecule has 0 saturated heterocycles. The summed E-state index contributed by atoms with van der Waals surface area (Å²) in [4.78, 5) is 22.1. The standard InChI is InChI=1S/C13H14F2O4/c1-8(16)13-10(15)6-9(14)7-11(13)19-5-3-4-12(17)18-2/h6-7H,3-5H2,1-2H3. The third kappa shape index (κ3) is 4.31. The summed E-state index contributed by atoms with van der Waals surface area (Å²) < 4.78 is 36.1. The monoisotopic (exact) mass is 272 g/mol. The molecule has 0 spiro atoms. The molecular weight excluding hydrogens is 258 g/mol. The molecule has 0 fully saturated rings. The van der Waals surface area contributed by atoms with E-state index in [1.807, 2.05) is 0 Å². The van der Waals surface area contributed by atoms with Crippen LogP contribution in [0.1, 0.15) is 30.1 Å². The van der Waals surface area contributed by atoms with Crippen molar-refractivity contribution in [2.75, 3.05) is 13.7 Å². The van der Waals surface area contributed by atoms with Gasteiger partial charge in [0.05, 0.1) is 19.3 Å². The molecule has 0 amide bonds. The first kappa shape index (κ1) is 15.1. The van der Waals surface area contributed by atoms with E-state index < -0.39 is 23.4 Å². The maximum atomic E-state index is 13.4. The molecule has 0 saturated carbocycles. The average molecular weight is 272 g/mol. The van der Waals surface area contributed by atoms with Gasteiger partial charge in [0.15, 0.2) is 5.78 Å². The van der Waals surface area contributed by atoms with E-state index in [0.717, 1.165) is 13.0 Å². The highest BCUT2D eigenvalue weighted by Gasteiger charge is 2.16. The van der Waals surface area contributed by atoms with Crippen LogP contribution in [0.15, 0.2) is 12.1 Å². The quantitative estimate of drug-likeness (QED) is 0.453. The van der Waals surface area contributed by atoms with E-state index in [-0.39, 0.29) is 24.3 Å². The minimum absolute atomic E-state index is 0.0538. The number of Topliss-reactive ketones (excluding diaryl/α,β-unsaturated/α-hetero) is 1. The molecule has 0 radical (unpaired) electrons. The predicted molar refractivity (Wildman–Crippen MR) is 63.1 cm³/mol. The fourth-order valence-electron chi connectivity index (χ4n) is 1.51. The number of hydrogen-bond acceptors (Lipinski definition) is 4. The van der Waals surface area contributed by atoms with Crippen LogP contribution in [0.4, 0.5) is 8.78 Å². The van der Waals surface area contributed by atoms with Crippen LogP contribution < -0.4 is 4.74 Å². The Balaban J connectivity index is 2.72. The number of carbonyl (C=O) groups is 2. The molecule has 1 aromatic carbocycles. The SMILES string of the molecule is COC(=O)CCCOc1cc(F)cc(F)c1C(C)=O. The highest BCUT2D eigenvalue weighted by atomic mass is 19.1. The highest BCUT2D eigenvalue weighted by Crippen LogP contribution is 2.24. The highest BCUT2D eigenvalue weighted by molar-refractivity contribution is 5.97. The Morgan fingerprint density at radius 2 is 1.95 bits per heavy atom. The maximum absolute atomic E-state index is 13.4. The number of methoxy groups -OCH3 is 1. The number of halogens is 2. The molecule has 0 N–H and O–H groups in total. The average Bonchev–Trinajstić information content (AvgIpc) is 2.32. The van der Waals surface area contributed by atoms with Gasteiger partial charge in [-0.05, 0) is 13.3 Å². The zero-order valence-corrected chi connectivity index (χ0v) is 10.7. The third-order valence-electron chi connectivity index (χ3n) is 2.38. The summed E-state index contributed by atoms with van der Waals surface area (Å²) in [6, 6.07) is 1.57. The molecule has 0 aliphatic rings. The molecule has 0 unspecified atom stereocenters. The smallest absolute Gasteiger partial charge is 0.305 e. The largest absolute Gasteiger partial charge is 0.493 e. The van der Waals surface area contributed by atoms with E-state index in [2.05, 4.69) is 4.74 Å². The number of carbonyl (C=O) groups excluding carboxylic acids is 2. The van der Waals surface area contributed by atoms with Gasteiger partial charge in [0, 0.05) is 18.6 Å². The van der Waals surface area contributed by atoms with Crippen LogP contribution >= 0.6 is 0 Å². The molecule has 4 nitrogen and oxygen atoms in total. The van der Waals surface area contributed by atoms with Crippen molar-refractivity contribution in [2.45, 2.75) is 19.8 Å². The van der Waals surface area contributed by atoms with E-state index >= 15 is 0 Å². The predicted octanol–water partition coefficient (Wildman–Crippen LogP) is 2.50. The van der Waals surface area contributed by atoms with E-state index in [1.165, 1.54) is 7.11 Å². The van der Waals surface area contributed by atoms with Crippen LogP contribution in [0.5, 0.6) is 5.75 Å². The first-order valence-electron chi connectivity index (χ1n) is 5.65. The Morgan fingerprint density at radius 1 is 1.26 bits per heavy atom. The van der Waals surface area contributed by atoms with Gasteiger partial charge in [-0.1, -0.05) is 0 Å². The molecular formula is C13H14F2O4. The first-order chi connectivity index (χ1) is 8.95. The Bertz CT molecular complexity index is 486. The van der Waals surface area contributed by atoms with Crippen molar-refractivity contribution in [3.8, 4) is 5.75 Å². The molecule has 1 rings (SSSR count). The van der Waals surface area contributed by atoms with Gasteiger partial charge in [-0.2, -0.15) is 0 Å². The lowest BCUT2D eigenvalue weighted by molar-refractivity contribution is -0.140. The number of ether oxygens (including phenoxy) is 2. The fraction of sp³-hybridized carbons (Fsp3) is 0.385. The summed E-state index contributed by atoms with van der Waals surface area (Å²) in [7, 11) is 1.26. The number of benzene rings is 1. The van der Waals surface area contributed by atoms with Gasteiger partial charge < -0.3 is 9.47 Å². The van der Waals surface area contributed by atoms with Crippen molar-refractivity contribution in [1.29, 1.82) is 0 Å². The first-order valence-corrected chi connectivity index (χ1v) is 5.65. The summed E-state index contributed by atoms with van der Waals surface area (Å²) >= 11 is 0. The second-order valence-corrected chi connectivity index (χ2v) is 3.85. The van der Waals surface area contributed by atoms with Crippen molar-refractivity contribution in [3.63, 3.8) is 0 Å². The van der Waals surface area contributed by atoms with Gasteiger partial charge in [0.1, 0.15) is 17.4 Å². The number of ketones is 1. The Labute approximate surface area is 109 Å². The van der Waals surface area contributed by atoms with Gasteiger partial charge in [-0.3, -0.25) is 9.59 Å². The zero-order valence-electron chi connectivity index (χ0n) is 10.7. The molecule has 0 atom stereocenters. The molecule has 0 aliphatic heterocycles. The Hall–Kier alpha value is -1.98. The normalized spacial score (nSPS) is 10.1. The van der Waals surface area contributed by atoms with Crippen LogP contribution in [0.25, 0.3) is 0 Å². The summed E-state index contributed by atoms with van der Waals surface area (Å²) in [6.45, 7) is 1.22. The van der Waals surface area contributed by atoms with Crippen molar-refractivity contribution in [2.24, 2.45) is 0 Å². The van der Waals surface area contributed by atoms with E-state index in [4.69, 9.17) is 4.74 Å². The van der Waals surface area contributed by atoms with E-state index in [1.54, 1.807) is 0 Å². The van der Waals surface area contributed by atoms with Gasteiger partial charge in [0.25, 0.3) is 0 Å². The number of hydrogen-bond donors (Lipinski definition) is 0. The van der Waals surface area contributed by atoms with Gasteiger partial charge in [-0.15, -0.1) is 0 Å². The molecule has 0 aromatic heterocycles. The summed E-state index contributed by atoms with van der Waals surface area (Å²) in [5.74, 6) is -2.91. The maximum Gasteiger partial charge on any atom is 0.305 e. The second-order valence-electron chi connectivity index (χ2n) is 3.85. The lowest BCUT2D eigenvalue weighted by atomic mass is 10.1. The Kier molecular flexibility index (Phi) is 5.41. The van der Waals surface area contributed by atoms with E-state index in [0.29, 0.717) is 12.5 Å². The summed E-state index contributed by atoms with van der Waals surface area (Å²) in [5.41, 5.74) is -0.292. The van der Waals surface area contributed by atoms with Crippen LogP contribution in [0.2, 0.25) is 0 Å². The molecule has 19 heavy (non-hydrogen) atoms. The summed E-state index contributed by atoms with van der Waals surface area (Å²) in [5, 5.41) is 0. The summed E-state index contributed by atoms with van der Waals surface area (Å²) in [6.07, 6.45) is 0.450. The third-order valence-corrected chi connectivity index (χ3v) is 2.38. The molecule has 0 bridgehead atoms. The molecule has 0 aliphatic carbocycles. The van der Waals surface area contributed by atoms with Crippen molar-refractivity contribution >= 4 is 11.8 Å². The lowest BCUT2D eigenvalue weighted by Crippen LogP contribution is -2.08.